The smallest absolute Gasteiger partial charge is 0.106 e. The molecule has 0 aromatic rings. The van der Waals surface area contributed by atoms with E-state index in [0.717, 1.165) is 0 Å². The van der Waals surface area contributed by atoms with Crippen LogP contribution in [-0.4, -0.2) is 0 Å². The van der Waals surface area contributed by atoms with E-state index >= 15 is 0 Å². The van der Waals surface area contributed by atoms with Gasteiger partial charge in [0.05, 0.1) is 0 Å². The molecule has 0 heterocycles. The van der Waals surface area contributed by atoms with Crippen LogP contribution in [0.2, 0.25) is 0 Å². The Morgan fingerprint density at radius 1 is 0.0152 bits per heavy atom. The van der Waals surface area contributed by atoms with Gasteiger partial charge in [0.15, 0.2) is 0 Å². The molecule has 0 fully saturated rings. The van der Waals surface area contributed by atoms with Gasteiger partial charge >= 0.3 is 0 Å². The SMILES string of the molecule is C=C.C=C.C=C.C=C.C=C.C=C.C=C.C=C.C=C.C=C.C=C.C=C.C=C.C=C.C=C.C=C.C=C.C=C.C=C.C=C.C=C.C=C.C=C.C=C.C=C.C=C.C=C.C=C.C=C.C=C.C=C.C=C.C=C.C=C.C=C.C=C.C=C.C=C.C=C.C=C.C=C.C=C.C=C.C=C.C=C.C=C.C=C.C=C.C=C.C=C.C=C.C=C.C=C.C=C.C=C.C=C.C=C.C=C.C=C.C=C.C=C.C=C.C=C.C=C.C=C.C=C. The maximum Gasteiger partial charge on any atom is -0.106 e. The molecule has 0 amide bonds. The van der Waals surface area contributed by atoms with Crippen molar-refractivity contribution in [1.29, 1.82) is 0 Å². The van der Waals surface area contributed by atoms with E-state index < -0.39 is 0 Å². The lowest BCUT2D eigenvalue weighted by atomic mass is 11.3. The fourth-order valence-corrected chi connectivity index (χ4v) is 0. The standard InChI is InChI=1S/66C2H4/c66*1-2/h66*1-2H2. The maximum atomic E-state index is 3.00. The van der Waals surface area contributed by atoms with Crippen LogP contribution in [-0.2, 0) is 0 Å². The second kappa shape index (κ2) is 4920. The van der Waals surface area contributed by atoms with Crippen LogP contribution in [0.4, 0.5) is 0 Å². The fraction of sp³-hybridized carbons (Fsp3) is 0. The summed E-state index contributed by atoms with van der Waals surface area (Å²) in [4.78, 5) is 0. The third-order valence-corrected chi connectivity index (χ3v) is 0. The quantitative estimate of drug-likeness (QED) is 0.212. The molecule has 0 aromatic carbocycles. The van der Waals surface area contributed by atoms with Crippen molar-refractivity contribution in [1.82, 2.24) is 0 Å². The highest BCUT2D eigenvalue weighted by atomic mass is 12.8. The van der Waals surface area contributed by atoms with E-state index in [1.54, 1.807) is 0 Å². The normalized spacial score (nSPS) is 2.00. The molecule has 0 nitrogen and oxygen atoms in total. The van der Waals surface area contributed by atoms with E-state index in [1.165, 1.54) is 0 Å². The lowest BCUT2D eigenvalue weighted by molar-refractivity contribution is 2.81. The van der Waals surface area contributed by atoms with E-state index in [2.05, 4.69) is 868 Å². The van der Waals surface area contributed by atoms with Crippen molar-refractivity contribution >= 4 is 0 Å². The molecule has 0 rings (SSSR count). The molecular formula is C132H264. The van der Waals surface area contributed by atoms with E-state index in [4.69, 9.17) is 0 Å². The predicted molar refractivity (Wildman–Crippen MR) is 743 cm³/mol. The average molecular weight is 1850 g/mol. The van der Waals surface area contributed by atoms with Gasteiger partial charge in [-0.05, 0) is 0 Å². The lowest BCUT2D eigenvalue weighted by Gasteiger charge is -0.813. The second-order valence-electron chi connectivity index (χ2n) is 0. The zero-order chi connectivity index (χ0) is 132. The molecule has 0 radical (unpaired) electrons. The third-order valence-electron chi connectivity index (χ3n) is 0. The highest BCUT2D eigenvalue weighted by Crippen LogP contribution is 0.992. The summed E-state index contributed by atoms with van der Waals surface area (Å²) in [5.41, 5.74) is 0. The van der Waals surface area contributed by atoms with Gasteiger partial charge in [0.25, 0.3) is 0 Å². The zero-order valence-corrected chi connectivity index (χ0v) is 93.3. The van der Waals surface area contributed by atoms with Crippen molar-refractivity contribution in [3.05, 3.63) is 868 Å². The molecule has 792 valence electrons. The molecule has 0 unspecified atom stereocenters. The maximum absolute atomic E-state index is 3.00. The van der Waals surface area contributed by atoms with Crippen LogP contribution < -0.4 is 0 Å². The van der Waals surface area contributed by atoms with Gasteiger partial charge in [-0.25, -0.2) is 0 Å². The van der Waals surface area contributed by atoms with Crippen molar-refractivity contribution < 1.29 is 0 Å². The first-order valence-electron chi connectivity index (χ1n) is 33.0. The lowest BCUT2D eigenvalue weighted by Crippen LogP contribution is -0.552. The molecule has 0 bridgehead atoms. The summed E-state index contributed by atoms with van der Waals surface area (Å²) in [6.45, 7) is 396. The van der Waals surface area contributed by atoms with Crippen molar-refractivity contribution in [2.75, 3.05) is 0 Å². The van der Waals surface area contributed by atoms with Crippen molar-refractivity contribution in [3.63, 3.8) is 0 Å². The Morgan fingerprint density at radius 3 is 0.0152 bits per heavy atom. The van der Waals surface area contributed by atoms with Crippen LogP contribution in [0.1, 0.15) is 0 Å². The summed E-state index contributed by atoms with van der Waals surface area (Å²) in [6.07, 6.45) is 0. The first-order valence-corrected chi connectivity index (χ1v) is 33.0. The Kier molecular flexibility index (Phi) is 23300. The summed E-state index contributed by atoms with van der Waals surface area (Å²) >= 11 is 0. The van der Waals surface area contributed by atoms with Crippen LogP contribution in [0.25, 0.3) is 0 Å². The Bertz CT molecular complexity index is 399. The Morgan fingerprint density at radius 2 is 0.0152 bits per heavy atom. The molecule has 0 atom stereocenters. The molecular weight excluding hydrogens is 1590 g/mol. The first-order chi connectivity index (χ1) is 66.0. The minimum atomic E-state index is 3.00. The molecule has 0 spiro atoms. The molecule has 0 aliphatic carbocycles. The van der Waals surface area contributed by atoms with Crippen LogP contribution in [0, 0.1) is 0 Å². The van der Waals surface area contributed by atoms with Crippen molar-refractivity contribution in [2.45, 2.75) is 0 Å². The van der Waals surface area contributed by atoms with E-state index in [9.17, 15) is 0 Å². The third kappa shape index (κ3) is 4790. The van der Waals surface area contributed by atoms with Crippen LogP contribution in [0.15, 0.2) is 868 Å². The van der Waals surface area contributed by atoms with Crippen molar-refractivity contribution in [3.8, 4) is 0 Å². The summed E-state index contributed by atoms with van der Waals surface area (Å²) in [7, 11) is 0. The van der Waals surface area contributed by atoms with Gasteiger partial charge in [-0.15, -0.1) is 868 Å². The minimum Gasteiger partial charge on any atom is -0.106 e. The first kappa shape index (κ1) is 624. The Hall–Kier alpha value is -17.2. The Balaban J connectivity index is -0.00000000524. The molecule has 0 aliphatic heterocycles. The largest absolute Gasteiger partial charge is 0.106 e. The molecule has 0 aliphatic rings. The average Bonchev–Trinajstić information content (AvgIpc) is 4.07. The van der Waals surface area contributed by atoms with Gasteiger partial charge in [0.2, 0.25) is 0 Å². The number of hydrogen-bond acceptors (Lipinski definition) is 0. The fourth-order valence-electron chi connectivity index (χ4n) is 0. The van der Waals surface area contributed by atoms with Gasteiger partial charge < -0.3 is 0 Å². The molecule has 0 N–H and O–H groups in total. The topological polar surface area (TPSA) is 0 Å². The van der Waals surface area contributed by atoms with Gasteiger partial charge in [0.1, 0.15) is 0 Å². The summed E-state index contributed by atoms with van der Waals surface area (Å²) in [6, 6.07) is 0. The minimum absolute atomic E-state index is 3.00. The summed E-state index contributed by atoms with van der Waals surface area (Å²) in [5.74, 6) is 0. The van der Waals surface area contributed by atoms with Gasteiger partial charge in [-0.2, -0.15) is 0 Å². The van der Waals surface area contributed by atoms with E-state index in [1.807, 2.05) is 0 Å². The van der Waals surface area contributed by atoms with Crippen LogP contribution in [0.5, 0.6) is 0 Å². The predicted octanol–water partition coefficient (Wildman–Crippen LogP) is 52.9. The summed E-state index contributed by atoms with van der Waals surface area (Å²) in [5, 5.41) is 0. The van der Waals surface area contributed by atoms with Gasteiger partial charge in [-0.3, -0.25) is 0 Å². The van der Waals surface area contributed by atoms with Crippen LogP contribution >= 0.6 is 0 Å². The monoisotopic (exact) mass is 1850 g/mol. The highest BCUT2D eigenvalue weighted by molar-refractivity contribution is 4.35. The highest BCUT2D eigenvalue weighted by Gasteiger charge is 0.731. The van der Waals surface area contributed by atoms with Gasteiger partial charge in [0, 0.05) is 0 Å². The van der Waals surface area contributed by atoms with Crippen molar-refractivity contribution in [2.24, 2.45) is 0 Å². The Labute approximate surface area is 862 Å². The zero-order valence-electron chi connectivity index (χ0n) is 93.3. The van der Waals surface area contributed by atoms with E-state index in [0.29, 0.717) is 0 Å². The number of rotatable bonds is 0. The second-order valence-corrected chi connectivity index (χ2v) is 0. The molecule has 0 heteroatoms. The number of hydrogen-bond donors (Lipinski definition) is 0. The van der Waals surface area contributed by atoms with E-state index in [-0.39, 0.29) is 0 Å². The van der Waals surface area contributed by atoms with Crippen LogP contribution in [0.3, 0.4) is 0 Å². The molecule has 0 aromatic heterocycles. The van der Waals surface area contributed by atoms with Gasteiger partial charge in [-0.1, -0.05) is 0 Å². The molecule has 0 saturated carbocycles. The summed E-state index contributed by atoms with van der Waals surface area (Å²) < 4.78 is 0. The molecule has 0 saturated heterocycles. The molecule has 132 heavy (non-hydrogen) atoms.